The second-order valence-corrected chi connectivity index (χ2v) is 9.50. The van der Waals surface area contributed by atoms with Crippen molar-refractivity contribution in [1.29, 1.82) is 0 Å². The molecule has 9 nitrogen and oxygen atoms in total. The number of sulfonamides is 1. The summed E-state index contributed by atoms with van der Waals surface area (Å²) in [6.07, 6.45) is 0.215. The topological polar surface area (TPSA) is 113 Å². The van der Waals surface area contributed by atoms with E-state index in [0.717, 1.165) is 5.56 Å². The third kappa shape index (κ3) is 5.46. The van der Waals surface area contributed by atoms with Crippen LogP contribution in [0, 0.1) is 24.0 Å². The van der Waals surface area contributed by atoms with E-state index in [9.17, 15) is 23.3 Å². The number of hydrogen-bond donors (Lipinski definition) is 1. The predicted molar refractivity (Wildman–Crippen MR) is 117 cm³/mol. The van der Waals surface area contributed by atoms with Gasteiger partial charge in [-0.1, -0.05) is 23.8 Å². The van der Waals surface area contributed by atoms with Gasteiger partial charge >= 0.3 is 0 Å². The first kappa shape index (κ1) is 22.9. The van der Waals surface area contributed by atoms with Crippen LogP contribution in [0.15, 0.2) is 47.4 Å². The normalized spacial score (nSPS) is 15.5. The molecule has 0 atom stereocenters. The molecular formula is C21H26N4O5S. The number of amides is 1. The second-order valence-electron chi connectivity index (χ2n) is 7.56. The average Bonchev–Trinajstić information content (AvgIpc) is 2.74. The molecule has 1 fully saturated rings. The Kier molecular flexibility index (Phi) is 7.04. The lowest BCUT2D eigenvalue weighted by atomic mass is 10.1. The molecule has 1 aliphatic heterocycles. The highest BCUT2D eigenvalue weighted by Gasteiger charge is 2.28. The van der Waals surface area contributed by atoms with Gasteiger partial charge in [0.2, 0.25) is 15.9 Å². The first-order chi connectivity index (χ1) is 14.7. The van der Waals surface area contributed by atoms with Crippen LogP contribution in [0.3, 0.4) is 0 Å². The molecule has 1 aliphatic rings. The number of nitrogens with one attached hydrogen (secondary N) is 1. The lowest BCUT2D eigenvalue weighted by molar-refractivity contribution is -0.385. The molecule has 0 aromatic heterocycles. The Morgan fingerprint density at radius 3 is 2.32 bits per heavy atom. The monoisotopic (exact) mass is 446 g/mol. The van der Waals surface area contributed by atoms with Crippen LogP contribution in [0.25, 0.3) is 0 Å². The Hall–Kier alpha value is -2.82. The lowest BCUT2D eigenvalue weighted by Gasteiger charge is -2.33. The van der Waals surface area contributed by atoms with Crippen LogP contribution in [-0.2, 0) is 14.8 Å². The summed E-state index contributed by atoms with van der Waals surface area (Å²) in [4.78, 5) is 25.2. The van der Waals surface area contributed by atoms with Crippen molar-refractivity contribution in [3.8, 4) is 0 Å². The van der Waals surface area contributed by atoms with Crippen molar-refractivity contribution in [2.45, 2.75) is 25.2 Å². The van der Waals surface area contributed by atoms with Gasteiger partial charge in [0.1, 0.15) is 0 Å². The molecule has 1 amide bonds. The van der Waals surface area contributed by atoms with Gasteiger partial charge in [-0.3, -0.25) is 14.9 Å². The van der Waals surface area contributed by atoms with Crippen LogP contribution in [0.1, 0.15) is 17.5 Å². The van der Waals surface area contributed by atoms with Crippen molar-refractivity contribution < 1.29 is 18.1 Å². The first-order valence-corrected chi connectivity index (χ1v) is 11.5. The highest BCUT2D eigenvalue weighted by Crippen LogP contribution is 2.25. The van der Waals surface area contributed by atoms with Gasteiger partial charge in [0.15, 0.2) is 0 Å². The van der Waals surface area contributed by atoms with Crippen LogP contribution in [0.4, 0.5) is 11.4 Å². The first-order valence-electron chi connectivity index (χ1n) is 10.0. The van der Waals surface area contributed by atoms with E-state index >= 15 is 0 Å². The number of rotatable bonds is 7. The molecule has 0 radical (unpaired) electrons. The number of nitro benzene ring substituents is 1. The van der Waals surface area contributed by atoms with Gasteiger partial charge in [-0.05, 0) is 32.0 Å². The summed E-state index contributed by atoms with van der Waals surface area (Å²) in [5.41, 5.74) is 1.80. The standard InChI is InChI=1S/C21H26N4O5S/c1-16-6-8-18(9-7-16)31(29,30)24-14-12-23(13-15-24)11-10-21(26)22-19-4-3-5-20(17(19)2)25(27)28/h3-9H,10-15H2,1-2H3,(H,22,26). The zero-order valence-corrected chi connectivity index (χ0v) is 18.4. The minimum Gasteiger partial charge on any atom is -0.326 e. The molecular weight excluding hydrogens is 420 g/mol. The third-order valence-electron chi connectivity index (χ3n) is 5.42. The molecule has 2 aromatic rings. The maximum atomic E-state index is 12.8. The Morgan fingerprint density at radius 2 is 1.71 bits per heavy atom. The van der Waals surface area contributed by atoms with E-state index in [-0.39, 0.29) is 18.0 Å². The van der Waals surface area contributed by atoms with E-state index in [2.05, 4.69) is 5.32 Å². The number of hydrogen-bond acceptors (Lipinski definition) is 6. The highest BCUT2D eigenvalue weighted by atomic mass is 32.2. The quantitative estimate of drug-likeness (QED) is 0.517. The third-order valence-corrected chi connectivity index (χ3v) is 7.33. The summed E-state index contributed by atoms with van der Waals surface area (Å²) in [5, 5.41) is 13.8. The van der Waals surface area contributed by atoms with Gasteiger partial charge in [-0.15, -0.1) is 0 Å². The number of nitrogens with zero attached hydrogens (tertiary/aromatic N) is 3. The summed E-state index contributed by atoms with van der Waals surface area (Å²) in [6, 6.07) is 11.4. The van der Waals surface area contributed by atoms with Gasteiger partial charge in [-0.25, -0.2) is 8.42 Å². The van der Waals surface area contributed by atoms with Crippen LogP contribution in [0.5, 0.6) is 0 Å². The molecule has 1 N–H and O–H groups in total. The van der Waals surface area contributed by atoms with Crippen LogP contribution in [0.2, 0.25) is 0 Å². The van der Waals surface area contributed by atoms with E-state index in [4.69, 9.17) is 0 Å². The molecule has 166 valence electrons. The van der Waals surface area contributed by atoms with Gasteiger partial charge < -0.3 is 10.2 Å². The van der Waals surface area contributed by atoms with Crippen molar-refractivity contribution in [2.75, 3.05) is 38.0 Å². The molecule has 0 saturated carbocycles. The number of carbonyl (C=O) groups is 1. The molecule has 2 aromatic carbocycles. The fraction of sp³-hybridized carbons (Fsp3) is 0.381. The molecule has 0 unspecified atom stereocenters. The Labute approximate surface area is 181 Å². The SMILES string of the molecule is Cc1ccc(S(=O)(=O)N2CCN(CCC(=O)Nc3cccc([N+](=O)[O-])c3C)CC2)cc1. The summed E-state index contributed by atoms with van der Waals surface area (Å²) >= 11 is 0. The summed E-state index contributed by atoms with van der Waals surface area (Å²) < 4.78 is 27.0. The Bertz CT molecular complexity index is 1060. The average molecular weight is 447 g/mol. The zero-order chi connectivity index (χ0) is 22.6. The zero-order valence-electron chi connectivity index (χ0n) is 17.6. The van der Waals surface area contributed by atoms with E-state index < -0.39 is 14.9 Å². The number of piperazine rings is 1. The molecule has 0 bridgehead atoms. The molecule has 10 heteroatoms. The second kappa shape index (κ2) is 9.54. The fourth-order valence-corrected chi connectivity index (χ4v) is 4.90. The molecule has 0 aliphatic carbocycles. The van der Waals surface area contributed by atoms with Crippen molar-refractivity contribution in [1.82, 2.24) is 9.21 Å². The number of aryl methyl sites for hydroxylation is 1. The Balaban J connectivity index is 1.50. The van der Waals surface area contributed by atoms with Crippen molar-refractivity contribution in [3.05, 3.63) is 63.7 Å². The van der Waals surface area contributed by atoms with Crippen molar-refractivity contribution in [2.24, 2.45) is 0 Å². The van der Waals surface area contributed by atoms with Gasteiger partial charge in [-0.2, -0.15) is 4.31 Å². The molecule has 0 spiro atoms. The minimum atomic E-state index is -3.52. The van der Waals surface area contributed by atoms with Crippen molar-refractivity contribution >= 4 is 27.3 Å². The lowest BCUT2D eigenvalue weighted by Crippen LogP contribution is -2.49. The van der Waals surface area contributed by atoms with Gasteiger partial charge in [0, 0.05) is 45.2 Å². The fourth-order valence-electron chi connectivity index (χ4n) is 3.48. The molecule has 1 heterocycles. The molecule has 31 heavy (non-hydrogen) atoms. The maximum absolute atomic E-state index is 12.8. The Morgan fingerprint density at radius 1 is 1.06 bits per heavy atom. The van der Waals surface area contributed by atoms with Crippen LogP contribution < -0.4 is 5.32 Å². The number of anilines is 1. The van der Waals surface area contributed by atoms with Gasteiger partial charge in [0.05, 0.1) is 21.1 Å². The van der Waals surface area contributed by atoms with E-state index in [1.165, 1.54) is 16.4 Å². The summed E-state index contributed by atoms with van der Waals surface area (Å²) in [7, 11) is -3.52. The highest BCUT2D eigenvalue weighted by molar-refractivity contribution is 7.89. The smallest absolute Gasteiger partial charge is 0.274 e. The maximum Gasteiger partial charge on any atom is 0.274 e. The van der Waals surface area contributed by atoms with E-state index in [1.54, 1.807) is 37.3 Å². The number of benzene rings is 2. The van der Waals surface area contributed by atoms with E-state index in [0.29, 0.717) is 48.9 Å². The minimum absolute atomic E-state index is 0.0382. The van der Waals surface area contributed by atoms with Gasteiger partial charge in [0.25, 0.3) is 5.69 Å². The summed E-state index contributed by atoms with van der Waals surface area (Å²) in [6.45, 7) is 5.79. The van der Waals surface area contributed by atoms with Crippen LogP contribution in [-0.4, -0.2) is 61.2 Å². The molecule has 3 rings (SSSR count). The predicted octanol–water partition coefficient (Wildman–Crippen LogP) is 2.55. The largest absolute Gasteiger partial charge is 0.326 e. The number of carbonyl (C=O) groups excluding carboxylic acids is 1. The summed E-state index contributed by atoms with van der Waals surface area (Å²) in [5.74, 6) is -0.238. The molecule has 1 saturated heterocycles. The van der Waals surface area contributed by atoms with Crippen LogP contribution >= 0.6 is 0 Å². The number of nitro groups is 1. The van der Waals surface area contributed by atoms with E-state index in [1.807, 2.05) is 11.8 Å². The van der Waals surface area contributed by atoms with Crippen molar-refractivity contribution in [3.63, 3.8) is 0 Å².